The predicted molar refractivity (Wildman–Crippen MR) is 71.3 cm³/mol. The molecule has 0 bridgehead atoms. The van der Waals surface area contributed by atoms with E-state index in [1.807, 2.05) is 25.3 Å². The van der Waals surface area contributed by atoms with Gasteiger partial charge < -0.3 is 10.4 Å². The molecule has 3 nitrogen and oxygen atoms in total. The van der Waals surface area contributed by atoms with Crippen molar-refractivity contribution < 1.29 is 9.50 Å². The number of thiazole rings is 1. The molecule has 1 atom stereocenters. The van der Waals surface area contributed by atoms with Crippen molar-refractivity contribution in [1.29, 1.82) is 0 Å². The van der Waals surface area contributed by atoms with E-state index in [-0.39, 0.29) is 12.4 Å². The fourth-order valence-corrected chi connectivity index (χ4v) is 2.53. The van der Waals surface area contributed by atoms with Gasteiger partial charge in [0, 0.05) is 17.3 Å². The molecule has 0 saturated heterocycles. The van der Waals surface area contributed by atoms with Gasteiger partial charge in [0.05, 0.1) is 6.61 Å². The molecule has 0 saturated carbocycles. The highest BCUT2D eigenvalue weighted by atomic mass is 32.1. The first-order valence-electron chi connectivity index (χ1n) is 5.60. The summed E-state index contributed by atoms with van der Waals surface area (Å²) in [6.45, 7) is 3.55. The smallest absolute Gasteiger partial charge is 0.125 e. The number of hydrogen-bond acceptors (Lipinski definition) is 4. The van der Waals surface area contributed by atoms with Crippen molar-refractivity contribution in [3.63, 3.8) is 0 Å². The Hall–Kier alpha value is -1.46. The average molecular weight is 266 g/mol. The minimum atomic E-state index is -0.700. The van der Waals surface area contributed by atoms with Gasteiger partial charge in [-0.25, -0.2) is 9.37 Å². The van der Waals surface area contributed by atoms with Gasteiger partial charge in [-0.3, -0.25) is 0 Å². The Labute approximate surface area is 109 Å². The van der Waals surface area contributed by atoms with Crippen LogP contribution in [-0.4, -0.2) is 16.7 Å². The molecule has 1 aromatic heterocycles. The van der Waals surface area contributed by atoms with Gasteiger partial charge >= 0.3 is 0 Å². The van der Waals surface area contributed by atoms with Gasteiger partial charge in [-0.15, -0.1) is 11.3 Å². The summed E-state index contributed by atoms with van der Waals surface area (Å²) in [6.07, 6.45) is 1.69. The third-order valence-corrected chi connectivity index (χ3v) is 3.72. The first-order valence-corrected chi connectivity index (χ1v) is 6.48. The van der Waals surface area contributed by atoms with Gasteiger partial charge in [0.15, 0.2) is 0 Å². The first-order chi connectivity index (χ1) is 8.53. The Morgan fingerprint density at radius 3 is 2.78 bits per heavy atom. The van der Waals surface area contributed by atoms with Crippen LogP contribution in [0.2, 0.25) is 0 Å². The number of halogens is 1. The van der Waals surface area contributed by atoms with E-state index in [1.54, 1.807) is 6.20 Å². The van der Waals surface area contributed by atoms with Crippen LogP contribution in [0.1, 0.15) is 17.5 Å². The number of aliphatic hydroxyl groups is 1. The van der Waals surface area contributed by atoms with Crippen LogP contribution in [-0.2, 0) is 5.54 Å². The van der Waals surface area contributed by atoms with E-state index in [4.69, 9.17) is 0 Å². The Kier molecular flexibility index (Phi) is 3.63. The lowest BCUT2D eigenvalue weighted by atomic mass is 10.0. The molecule has 0 fully saturated rings. The number of aromatic nitrogens is 1. The molecule has 5 heteroatoms. The van der Waals surface area contributed by atoms with Crippen molar-refractivity contribution in [3.8, 4) is 0 Å². The molecule has 1 heterocycles. The van der Waals surface area contributed by atoms with Gasteiger partial charge in [-0.05, 0) is 37.6 Å². The van der Waals surface area contributed by atoms with E-state index in [0.29, 0.717) is 5.69 Å². The molecule has 0 aliphatic heterocycles. The second-order valence-electron chi connectivity index (χ2n) is 4.47. The monoisotopic (exact) mass is 266 g/mol. The Balaban J connectivity index is 2.30. The topological polar surface area (TPSA) is 45.1 Å². The van der Waals surface area contributed by atoms with Crippen molar-refractivity contribution in [3.05, 3.63) is 46.2 Å². The Bertz CT molecular complexity index is 510. The molecule has 0 radical (unpaired) electrons. The molecule has 2 aromatic rings. The number of aliphatic hydroxyl groups excluding tert-OH is 1. The summed E-state index contributed by atoms with van der Waals surface area (Å²) in [5, 5.41) is 15.3. The molecular weight excluding hydrogens is 251 g/mol. The van der Waals surface area contributed by atoms with Crippen LogP contribution in [0.3, 0.4) is 0 Å². The lowest BCUT2D eigenvalue weighted by Gasteiger charge is -2.27. The molecule has 0 aliphatic rings. The van der Waals surface area contributed by atoms with E-state index < -0.39 is 5.54 Å². The molecule has 0 amide bonds. The second kappa shape index (κ2) is 5.04. The van der Waals surface area contributed by atoms with E-state index in [1.165, 1.54) is 23.5 Å². The third-order valence-electron chi connectivity index (χ3n) is 2.68. The van der Waals surface area contributed by atoms with Crippen LogP contribution in [0.15, 0.2) is 29.8 Å². The van der Waals surface area contributed by atoms with E-state index in [0.717, 1.165) is 10.6 Å². The summed E-state index contributed by atoms with van der Waals surface area (Å²) in [5.74, 6) is -0.295. The summed E-state index contributed by atoms with van der Waals surface area (Å²) in [7, 11) is 0. The fraction of sp³-hybridized carbons (Fsp3) is 0.308. The molecular formula is C13H15FN2OS. The number of rotatable bonds is 4. The summed E-state index contributed by atoms with van der Waals surface area (Å²) >= 11 is 1.45. The Morgan fingerprint density at radius 2 is 2.22 bits per heavy atom. The zero-order valence-corrected chi connectivity index (χ0v) is 11.1. The lowest BCUT2D eigenvalue weighted by Crippen LogP contribution is -2.35. The van der Waals surface area contributed by atoms with Crippen LogP contribution in [0, 0.1) is 12.7 Å². The first kappa shape index (κ1) is 13.0. The van der Waals surface area contributed by atoms with Crippen molar-refractivity contribution in [2.75, 3.05) is 11.9 Å². The number of nitrogens with one attached hydrogen (secondary N) is 1. The molecule has 0 aliphatic carbocycles. The quantitative estimate of drug-likeness (QED) is 0.894. The summed E-state index contributed by atoms with van der Waals surface area (Å²) in [5.41, 5.74) is 0.769. The van der Waals surface area contributed by atoms with Gasteiger partial charge in [0.25, 0.3) is 0 Å². The standard InChI is InChI=1S/C13H15FN2OS/c1-9-5-10(14)7-11(6-9)16-13(2,8-17)12-15-3-4-18-12/h3-7,16-17H,8H2,1-2H3. The highest BCUT2D eigenvalue weighted by molar-refractivity contribution is 7.09. The number of anilines is 1. The minimum absolute atomic E-state index is 0.115. The van der Waals surface area contributed by atoms with Crippen LogP contribution < -0.4 is 5.32 Å². The fourth-order valence-electron chi connectivity index (χ4n) is 1.78. The van der Waals surface area contributed by atoms with Gasteiger partial charge in [-0.2, -0.15) is 0 Å². The SMILES string of the molecule is Cc1cc(F)cc(NC(C)(CO)c2nccs2)c1. The maximum atomic E-state index is 13.3. The zero-order chi connectivity index (χ0) is 13.2. The van der Waals surface area contributed by atoms with Gasteiger partial charge in [0.2, 0.25) is 0 Å². The van der Waals surface area contributed by atoms with Crippen molar-refractivity contribution >= 4 is 17.0 Å². The summed E-state index contributed by atoms with van der Waals surface area (Å²) < 4.78 is 13.3. The second-order valence-corrected chi connectivity index (χ2v) is 5.36. The third kappa shape index (κ3) is 2.68. The molecule has 18 heavy (non-hydrogen) atoms. The highest BCUT2D eigenvalue weighted by Gasteiger charge is 2.28. The molecule has 1 unspecified atom stereocenters. The normalized spacial score (nSPS) is 14.2. The molecule has 2 rings (SSSR count). The van der Waals surface area contributed by atoms with E-state index in [2.05, 4.69) is 10.3 Å². The van der Waals surface area contributed by atoms with Crippen molar-refractivity contribution in [1.82, 2.24) is 4.98 Å². The van der Waals surface area contributed by atoms with Crippen LogP contribution in [0.4, 0.5) is 10.1 Å². The lowest BCUT2D eigenvalue weighted by molar-refractivity contribution is 0.223. The number of aryl methyl sites for hydroxylation is 1. The average Bonchev–Trinajstić information content (AvgIpc) is 2.81. The molecule has 0 spiro atoms. The zero-order valence-electron chi connectivity index (χ0n) is 10.3. The number of hydrogen-bond donors (Lipinski definition) is 2. The summed E-state index contributed by atoms with van der Waals surface area (Å²) in [4.78, 5) is 4.20. The summed E-state index contributed by atoms with van der Waals surface area (Å²) in [6, 6.07) is 4.71. The number of nitrogens with zero attached hydrogens (tertiary/aromatic N) is 1. The predicted octanol–water partition coefficient (Wildman–Crippen LogP) is 2.91. The molecule has 2 N–H and O–H groups in total. The molecule has 1 aromatic carbocycles. The van der Waals surface area contributed by atoms with Crippen LogP contribution in [0.25, 0.3) is 0 Å². The Morgan fingerprint density at radius 1 is 1.44 bits per heavy atom. The number of benzene rings is 1. The highest BCUT2D eigenvalue weighted by Crippen LogP contribution is 2.28. The van der Waals surface area contributed by atoms with Gasteiger partial charge in [0.1, 0.15) is 16.4 Å². The van der Waals surface area contributed by atoms with E-state index in [9.17, 15) is 9.50 Å². The maximum absolute atomic E-state index is 13.3. The van der Waals surface area contributed by atoms with Gasteiger partial charge in [-0.1, -0.05) is 0 Å². The van der Waals surface area contributed by atoms with Crippen molar-refractivity contribution in [2.45, 2.75) is 19.4 Å². The largest absolute Gasteiger partial charge is 0.393 e. The molecule has 96 valence electrons. The van der Waals surface area contributed by atoms with Crippen LogP contribution >= 0.6 is 11.3 Å². The van der Waals surface area contributed by atoms with Crippen LogP contribution in [0.5, 0.6) is 0 Å². The maximum Gasteiger partial charge on any atom is 0.125 e. The van der Waals surface area contributed by atoms with Crippen molar-refractivity contribution in [2.24, 2.45) is 0 Å². The van der Waals surface area contributed by atoms with E-state index >= 15 is 0 Å². The minimum Gasteiger partial charge on any atom is -0.393 e.